The molecule has 0 fully saturated rings. The monoisotopic (exact) mass is 342 g/mol. The molecule has 0 saturated carbocycles. The van der Waals surface area contributed by atoms with Crippen LogP contribution in [0.2, 0.25) is 0 Å². The predicted molar refractivity (Wildman–Crippen MR) is 79.7 cm³/mol. The summed E-state index contributed by atoms with van der Waals surface area (Å²) in [6.07, 6.45) is 1.03. The van der Waals surface area contributed by atoms with Gasteiger partial charge in [-0.25, -0.2) is 4.79 Å². The summed E-state index contributed by atoms with van der Waals surface area (Å²) < 4.78 is 6.87. The number of aromatic nitrogens is 1. The molecule has 1 aliphatic heterocycles. The number of amides is 1. The zero-order valence-electron chi connectivity index (χ0n) is 12.4. The smallest absolute Gasteiger partial charge is 0.415 e. The van der Waals surface area contributed by atoms with E-state index in [1.54, 1.807) is 6.07 Å². The van der Waals surface area contributed by atoms with Crippen molar-refractivity contribution >= 4 is 27.7 Å². The number of carbonyl (C=O) groups excluding carboxylic acids is 1. The zero-order valence-corrected chi connectivity index (χ0v) is 13.9. The van der Waals surface area contributed by atoms with Crippen LogP contribution in [0.5, 0.6) is 0 Å². The largest absolute Gasteiger partial charge is 0.618 e. The number of rotatable bonds is 0. The van der Waals surface area contributed by atoms with Gasteiger partial charge in [-0.1, -0.05) is 0 Å². The van der Waals surface area contributed by atoms with Crippen LogP contribution in [0, 0.1) is 5.21 Å². The molecule has 5 nitrogen and oxygen atoms in total. The Bertz CT molecular complexity index is 564. The molecule has 2 heterocycles. The fourth-order valence-corrected chi connectivity index (χ4v) is 2.81. The fraction of sp³-hybridized carbons (Fsp3) is 0.571. The number of halogens is 1. The molecule has 110 valence electrons. The molecule has 2 rings (SSSR count). The highest BCUT2D eigenvalue weighted by Crippen LogP contribution is 2.39. The first-order valence-corrected chi connectivity index (χ1v) is 7.24. The summed E-state index contributed by atoms with van der Waals surface area (Å²) in [5.41, 5.74) is 0.221. The van der Waals surface area contributed by atoms with Crippen molar-refractivity contribution in [2.24, 2.45) is 0 Å². The van der Waals surface area contributed by atoms with Gasteiger partial charge in [0.2, 0.25) is 5.69 Å². The van der Waals surface area contributed by atoms with Crippen LogP contribution >= 0.6 is 15.9 Å². The minimum absolute atomic E-state index is 0.408. The van der Waals surface area contributed by atoms with E-state index >= 15 is 0 Å². The topological polar surface area (TPSA) is 56.5 Å². The van der Waals surface area contributed by atoms with Crippen LogP contribution in [0.1, 0.15) is 40.3 Å². The average Bonchev–Trinajstić information content (AvgIpc) is 2.47. The van der Waals surface area contributed by atoms with Crippen molar-refractivity contribution in [1.29, 1.82) is 0 Å². The number of hydrogen-bond donors (Lipinski definition) is 0. The zero-order chi connectivity index (χ0) is 15.3. The van der Waals surface area contributed by atoms with Crippen LogP contribution in [0.25, 0.3) is 0 Å². The van der Waals surface area contributed by atoms with Gasteiger partial charge in [-0.3, -0.25) is 4.90 Å². The minimum Gasteiger partial charge on any atom is -0.618 e. The summed E-state index contributed by atoms with van der Waals surface area (Å²) in [7, 11) is 0. The summed E-state index contributed by atoms with van der Waals surface area (Å²) in [6, 6.07) is 1.78. The number of nitrogens with zero attached hydrogens (tertiary/aromatic N) is 2. The van der Waals surface area contributed by atoms with Crippen LogP contribution in [0.3, 0.4) is 0 Å². The van der Waals surface area contributed by atoms with Crippen molar-refractivity contribution in [3.05, 3.63) is 27.6 Å². The van der Waals surface area contributed by atoms with Crippen LogP contribution in [-0.4, -0.2) is 18.2 Å². The highest BCUT2D eigenvalue weighted by Gasteiger charge is 2.46. The Balaban J connectivity index is 2.45. The quantitative estimate of drug-likeness (QED) is 0.537. The summed E-state index contributed by atoms with van der Waals surface area (Å²) in [5, 5.41) is 12.1. The Morgan fingerprint density at radius 2 is 2.10 bits per heavy atom. The van der Waals surface area contributed by atoms with Gasteiger partial charge in [-0.2, -0.15) is 4.73 Å². The maximum atomic E-state index is 12.3. The molecule has 0 bridgehead atoms. The van der Waals surface area contributed by atoms with E-state index in [4.69, 9.17) is 4.74 Å². The number of carbonyl (C=O) groups is 1. The van der Waals surface area contributed by atoms with E-state index in [1.807, 2.05) is 34.6 Å². The van der Waals surface area contributed by atoms with Crippen molar-refractivity contribution in [2.45, 2.75) is 45.6 Å². The predicted octanol–water partition coefficient (Wildman–Crippen LogP) is 3.12. The molecule has 0 saturated heterocycles. The minimum atomic E-state index is -0.566. The Morgan fingerprint density at radius 3 is 2.65 bits per heavy atom. The van der Waals surface area contributed by atoms with Crippen molar-refractivity contribution in [3.63, 3.8) is 0 Å². The van der Waals surface area contributed by atoms with Gasteiger partial charge in [-0.15, -0.1) is 0 Å². The van der Waals surface area contributed by atoms with Gasteiger partial charge in [0.15, 0.2) is 6.20 Å². The number of ether oxygens (including phenoxy) is 1. The Kier molecular flexibility index (Phi) is 3.48. The molecule has 0 aromatic carbocycles. The molecule has 1 aromatic heterocycles. The summed E-state index contributed by atoms with van der Waals surface area (Å²) in [4.78, 5) is 13.8. The van der Waals surface area contributed by atoms with Crippen LogP contribution < -0.4 is 9.63 Å². The SMILES string of the molecule is CC(C)(C)OC(=O)N1CC(C)(C)c2c1cc(Br)c[n+]2[O-]. The first kappa shape index (κ1) is 15.1. The van der Waals surface area contributed by atoms with E-state index in [1.165, 1.54) is 11.1 Å². The molecule has 1 aromatic rings. The van der Waals surface area contributed by atoms with Gasteiger partial charge in [0.05, 0.1) is 9.89 Å². The molecule has 0 N–H and O–H groups in total. The van der Waals surface area contributed by atoms with Crippen molar-refractivity contribution in [1.82, 2.24) is 0 Å². The van der Waals surface area contributed by atoms with Crippen molar-refractivity contribution in [2.75, 3.05) is 11.4 Å². The van der Waals surface area contributed by atoms with Gasteiger partial charge >= 0.3 is 6.09 Å². The van der Waals surface area contributed by atoms with Crippen LogP contribution in [0.15, 0.2) is 16.7 Å². The third-order valence-electron chi connectivity index (χ3n) is 3.08. The normalized spacial score (nSPS) is 17.0. The van der Waals surface area contributed by atoms with Crippen LogP contribution in [0.4, 0.5) is 10.5 Å². The number of anilines is 1. The summed E-state index contributed by atoms with van der Waals surface area (Å²) >= 11 is 3.29. The lowest BCUT2D eigenvalue weighted by atomic mass is 9.91. The molecule has 20 heavy (non-hydrogen) atoms. The number of hydrogen-bond acceptors (Lipinski definition) is 3. The molecule has 0 spiro atoms. The molecule has 0 radical (unpaired) electrons. The third kappa shape index (κ3) is 2.75. The number of pyridine rings is 1. The molecular weight excluding hydrogens is 324 g/mol. The third-order valence-corrected chi connectivity index (χ3v) is 3.51. The molecule has 0 atom stereocenters. The Morgan fingerprint density at radius 1 is 1.50 bits per heavy atom. The van der Waals surface area contributed by atoms with E-state index < -0.39 is 17.1 Å². The van der Waals surface area contributed by atoms with E-state index in [2.05, 4.69) is 15.9 Å². The van der Waals surface area contributed by atoms with E-state index in [0.717, 1.165) is 4.73 Å². The van der Waals surface area contributed by atoms with Crippen molar-refractivity contribution in [3.8, 4) is 0 Å². The van der Waals surface area contributed by atoms with Gasteiger partial charge in [0.25, 0.3) is 0 Å². The Labute approximate surface area is 127 Å². The molecule has 0 unspecified atom stereocenters. The maximum absolute atomic E-state index is 12.3. The van der Waals surface area contributed by atoms with Crippen molar-refractivity contribution < 1.29 is 14.3 Å². The van der Waals surface area contributed by atoms with Crippen LogP contribution in [-0.2, 0) is 10.2 Å². The second-order valence-corrected chi connectivity index (χ2v) is 7.58. The Hall–Kier alpha value is -1.30. The lowest BCUT2D eigenvalue weighted by molar-refractivity contribution is -0.616. The molecule has 1 amide bonds. The highest BCUT2D eigenvalue weighted by molar-refractivity contribution is 9.10. The second kappa shape index (κ2) is 4.62. The van der Waals surface area contributed by atoms with Gasteiger partial charge < -0.3 is 9.94 Å². The number of fused-ring (bicyclic) bond motifs is 1. The lowest BCUT2D eigenvalue weighted by Crippen LogP contribution is -2.40. The average molecular weight is 343 g/mol. The van der Waals surface area contributed by atoms with E-state index in [9.17, 15) is 10.0 Å². The first-order valence-electron chi connectivity index (χ1n) is 6.45. The van der Waals surface area contributed by atoms with E-state index in [-0.39, 0.29) is 0 Å². The van der Waals surface area contributed by atoms with Gasteiger partial charge in [0.1, 0.15) is 11.3 Å². The lowest BCUT2D eigenvalue weighted by Gasteiger charge is -2.25. The molecule has 1 aliphatic rings. The molecule has 6 heteroatoms. The summed E-state index contributed by atoms with van der Waals surface area (Å²) in [6.45, 7) is 9.78. The van der Waals surface area contributed by atoms with Gasteiger partial charge in [0, 0.05) is 6.54 Å². The first-order chi connectivity index (χ1) is 9.01. The fourth-order valence-electron chi connectivity index (χ4n) is 2.41. The molecule has 0 aliphatic carbocycles. The van der Waals surface area contributed by atoms with E-state index in [0.29, 0.717) is 22.4 Å². The standard InChI is InChI=1S/C14H19BrN2O3/c1-13(2,3)20-12(18)16-8-14(4,5)11-10(16)6-9(15)7-17(11)19/h6-7H,8H2,1-5H3. The second-order valence-electron chi connectivity index (χ2n) is 6.67. The molecular formula is C14H19BrN2O3. The maximum Gasteiger partial charge on any atom is 0.415 e. The summed E-state index contributed by atoms with van der Waals surface area (Å²) in [5.74, 6) is 0. The van der Waals surface area contributed by atoms with Gasteiger partial charge in [-0.05, 0) is 56.6 Å². The highest BCUT2D eigenvalue weighted by atomic mass is 79.9.